The highest BCUT2D eigenvalue weighted by molar-refractivity contribution is 7.99. The summed E-state index contributed by atoms with van der Waals surface area (Å²) >= 11 is 7.25. The first kappa shape index (κ1) is 20.0. The molecule has 10 heteroatoms. The summed E-state index contributed by atoms with van der Waals surface area (Å²) in [7, 11) is 0. The van der Waals surface area contributed by atoms with Gasteiger partial charge in [0, 0.05) is 22.9 Å². The highest BCUT2D eigenvalue weighted by Gasteiger charge is 2.08. The van der Waals surface area contributed by atoms with E-state index in [9.17, 15) is 10.1 Å². The number of benzene rings is 2. The molecular formula is C18H16ClN3O5S. The van der Waals surface area contributed by atoms with Crippen molar-refractivity contribution in [2.24, 2.45) is 0 Å². The molecule has 0 unspecified atom stereocenters. The number of nitro groups is 1. The molecule has 1 heterocycles. The zero-order valence-electron chi connectivity index (χ0n) is 14.6. The van der Waals surface area contributed by atoms with Crippen LogP contribution in [0.5, 0.6) is 11.5 Å². The van der Waals surface area contributed by atoms with Gasteiger partial charge < -0.3 is 13.9 Å². The minimum Gasteiger partial charge on any atom is -0.494 e. The highest BCUT2D eigenvalue weighted by Crippen LogP contribution is 2.21. The Hall–Kier alpha value is -2.78. The Morgan fingerprint density at radius 1 is 1.04 bits per heavy atom. The van der Waals surface area contributed by atoms with Crippen LogP contribution < -0.4 is 9.47 Å². The van der Waals surface area contributed by atoms with E-state index in [-0.39, 0.29) is 12.3 Å². The summed E-state index contributed by atoms with van der Waals surface area (Å²) in [6.07, 6.45) is 0.751. The van der Waals surface area contributed by atoms with E-state index in [1.54, 1.807) is 36.4 Å². The third-order valence-corrected chi connectivity index (χ3v) is 4.61. The topological polar surface area (TPSA) is 101 Å². The lowest BCUT2D eigenvalue weighted by Gasteiger charge is -2.04. The van der Waals surface area contributed by atoms with Gasteiger partial charge in [-0.2, -0.15) is 0 Å². The Balaban J connectivity index is 1.34. The monoisotopic (exact) mass is 421 g/mol. The Morgan fingerprint density at radius 3 is 2.43 bits per heavy atom. The maximum atomic E-state index is 10.6. The van der Waals surface area contributed by atoms with Gasteiger partial charge in [-0.05, 0) is 42.8 Å². The Kier molecular flexibility index (Phi) is 7.10. The molecule has 0 saturated carbocycles. The van der Waals surface area contributed by atoms with Crippen LogP contribution in [0.25, 0.3) is 0 Å². The van der Waals surface area contributed by atoms with Crippen molar-refractivity contribution in [2.75, 3.05) is 12.4 Å². The third-order valence-electron chi connectivity index (χ3n) is 3.45. The molecule has 1 aromatic heterocycles. The van der Waals surface area contributed by atoms with Gasteiger partial charge >= 0.3 is 0 Å². The van der Waals surface area contributed by atoms with Gasteiger partial charge in [-0.3, -0.25) is 10.1 Å². The van der Waals surface area contributed by atoms with Gasteiger partial charge in [0.05, 0.1) is 11.5 Å². The zero-order chi connectivity index (χ0) is 19.8. The molecule has 0 bridgehead atoms. The van der Waals surface area contributed by atoms with Gasteiger partial charge in [-0.1, -0.05) is 23.4 Å². The largest absolute Gasteiger partial charge is 0.494 e. The quantitative estimate of drug-likeness (QED) is 0.199. The van der Waals surface area contributed by atoms with Crippen molar-refractivity contribution in [3.05, 3.63) is 69.6 Å². The number of thioether (sulfide) groups is 1. The molecule has 0 aliphatic heterocycles. The number of nitrogens with zero attached hydrogens (tertiary/aromatic N) is 3. The van der Waals surface area contributed by atoms with Crippen LogP contribution in [-0.2, 0) is 6.61 Å². The predicted octanol–water partition coefficient (Wildman–Crippen LogP) is 4.77. The number of halogens is 1. The molecule has 0 amide bonds. The molecule has 2 aromatic carbocycles. The van der Waals surface area contributed by atoms with Crippen LogP contribution in [0.1, 0.15) is 12.3 Å². The number of aromatic nitrogens is 2. The van der Waals surface area contributed by atoms with Crippen molar-refractivity contribution < 1.29 is 18.8 Å². The van der Waals surface area contributed by atoms with E-state index >= 15 is 0 Å². The van der Waals surface area contributed by atoms with Crippen molar-refractivity contribution in [2.45, 2.75) is 18.3 Å². The van der Waals surface area contributed by atoms with E-state index in [1.165, 1.54) is 23.9 Å². The first-order chi connectivity index (χ1) is 13.6. The van der Waals surface area contributed by atoms with Gasteiger partial charge in [0.2, 0.25) is 0 Å². The molecule has 146 valence electrons. The average molecular weight is 422 g/mol. The lowest BCUT2D eigenvalue weighted by molar-refractivity contribution is -0.384. The molecule has 0 fully saturated rings. The van der Waals surface area contributed by atoms with Crippen LogP contribution in [0.2, 0.25) is 5.02 Å². The second-order valence-corrected chi connectivity index (χ2v) is 6.99. The summed E-state index contributed by atoms with van der Waals surface area (Å²) in [5, 5.41) is 19.6. The van der Waals surface area contributed by atoms with Gasteiger partial charge in [0.25, 0.3) is 16.8 Å². The summed E-state index contributed by atoms with van der Waals surface area (Å²) in [5.41, 5.74) is 0.0372. The molecule has 0 saturated heterocycles. The number of hydrogen-bond donors (Lipinski definition) is 0. The fraction of sp³-hybridized carbons (Fsp3) is 0.222. The summed E-state index contributed by atoms with van der Waals surface area (Å²) in [4.78, 5) is 10.2. The number of ether oxygens (including phenoxy) is 2. The van der Waals surface area contributed by atoms with E-state index < -0.39 is 4.92 Å². The lowest BCUT2D eigenvalue weighted by Crippen LogP contribution is -1.98. The van der Waals surface area contributed by atoms with Crippen LogP contribution in [0.15, 0.2) is 58.2 Å². The smallest absolute Gasteiger partial charge is 0.276 e. The third kappa shape index (κ3) is 6.14. The van der Waals surface area contributed by atoms with Crippen LogP contribution >= 0.6 is 23.4 Å². The molecule has 3 aromatic rings. The Bertz CT molecular complexity index is 902. The second kappa shape index (κ2) is 9.95. The maximum Gasteiger partial charge on any atom is 0.276 e. The van der Waals surface area contributed by atoms with E-state index in [4.69, 9.17) is 25.5 Å². The zero-order valence-corrected chi connectivity index (χ0v) is 16.2. The molecule has 0 radical (unpaired) electrons. The molecule has 0 spiro atoms. The van der Waals surface area contributed by atoms with E-state index in [0.29, 0.717) is 34.2 Å². The number of rotatable bonds is 10. The summed E-state index contributed by atoms with van der Waals surface area (Å²) in [6.45, 7) is 0.657. The van der Waals surface area contributed by atoms with Gasteiger partial charge in [-0.15, -0.1) is 10.2 Å². The van der Waals surface area contributed by atoms with E-state index in [1.807, 2.05) is 0 Å². The van der Waals surface area contributed by atoms with Crippen molar-refractivity contribution >= 4 is 29.1 Å². The lowest BCUT2D eigenvalue weighted by atomic mass is 10.3. The summed E-state index contributed by atoms with van der Waals surface area (Å²) in [6, 6.07) is 13.0. The Labute approximate surface area is 170 Å². The number of hydrogen-bond acceptors (Lipinski definition) is 8. The molecule has 0 aliphatic rings. The first-order valence-electron chi connectivity index (χ1n) is 8.31. The SMILES string of the molecule is O=[N+]([O-])c1ccc(OCCCSc2nnc(COc3ccc(Cl)cc3)o2)cc1. The summed E-state index contributed by atoms with van der Waals surface area (Å²) < 4.78 is 16.6. The minimum absolute atomic E-state index is 0.0372. The van der Waals surface area contributed by atoms with E-state index in [2.05, 4.69) is 10.2 Å². The minimum atomic E-state index is -0.445. The van der Waals surface area contributed by atoms with Crippen molar-refractivity contribution in [1.82, 2.24) is 10.2 Å². The fourth-order valence-electron chi connectivity index (χ4n) is 2.10. The van der Waals surface area contributed by atoms with Crippen LogP contribution in [-0.4, -0.2) is 27.5 Å². The van der Waals surface area contributed by atoms with Gasteiger partial charge in [-0.25, -0.2) is 0 Å². The van der Waals surface area contributed by atoms with Crippen LogP contribution in [0.4, 0.5) is 5.69 Å². The standard InChI is InChI=1S/C18H16ClN3O5S/c19-13-2-6-16(7-3-13)26-12-17-20-21-18(27-17)28-11-1-10-25-15-8-4-14(5-9-15)22(23)24/h2-9H,1,10-12H2. The molecule has 8 nitrogen and oxygen atoms in total. The maximum absolute atomic E-state index is 10.6. The average Bonchev–Trinajstić information content (AvgIpc) is 3.15. The molecule has 3 rings (SSSR count). The molecular weight excluding hydrogens is 406 g/mol. The molecule has 0 N–H and O–H groups in total. The van der Waals surface area contributed by atoms with Crippen molar-refractivity contribution in [1.29, 1.82) is 0 Å². The number of nitro benzene ring substituents is 1. The summed E-state index contributed by atoms with van der Waals surface area (Å²) in [5.74, 6) is 2.38. The van der Waals surface area contributed by atoms with Gasteiger partial charge in [0.15, 0.2) is 6.61 Å². The fourth-order valence-corrected chi connectivity index (χ4v) is 2.92. The molecule has 0 aliphatic carbocycles. The molecule has 28 heavy (non-hydrogen) atoms. The van der Waals surface area contributed by atoms with Crippen molar-refractivity contribution in [3.8, 4) is 11.5 Å². The van der Waals surface area contributed by atoms with Crippen LogP contribution in [0, 0.1) is 10.1 Å². The predicted molar refractivity (Wildman–Crippen MR) is 104 cm³/mol. The first-order valence-corrected chi connectivity index (χ1v) is 9.67. The number of non-ortho nitro benzene ring substituents is 1. The van der Waals surface area contributed by atoms with Gasteiger partial charge in [0.1, 0.15) is 11.5 Å². The van der Waals surface area contributed by atoms with Crippen molar-refractivity contribution in [3.63, 3.8) is 0 Å². The highest BCUT2D eigenvalue weighted by atomic mass is 35.5. The Morgan fingerprint density at radius 2 is 1.71 bits per heavy atom. The van der Waals surface area contributed by atoms with Crippen LogP contribution in [0.3, 0.4) is 0 Å². The molecule has 0 atom stereocenters. The second-order valence-electron chi connectivity index (χ2n) is 5.51. The normalized spacial score (nSPS) is 10.6. The van der Waals surface area contributed by atoms with E-state index in [0.717, 1.165) is 12.2 Å².